The van der Waals surface area contributed by atoms with E-state index in [1.54, 1.807) is 18.2 Å². The van der Waals surface area contributed by atoms with E-state index in [2.05, 4.69) is 15.3 Å². The van der Waals surface area contributed by atoms with Crippen molar-refractivity contribution < 1.29 is 4.79 Å². The highest BCUT2D eigenvalue weighted by molar-refractivity contribution is 6.29. The third kappa shape index (κ3) is 4.64. The number of hydrogen-bond donors (Lipinski definition) is 1. The first-order chi connectivity index (χ1) is 12.1. The molecule has 0 spiro atoms. The maximum absolute atomic E-state index is 12.6. The van der Waals surface area contributed by atoms with Gasteiger partial charge in [0.15, 0.2) is 5.82 Å². The van der Waals surface area contributed by atoms with Gasteiger partial charge in [-0.1, -0.05) is 60.1 Å². The molecule has 126 valence electrons. The van der Waals surface area contributed by atoms with Crippen molar-refractivity contribution in [1.82, 2.24) is 15.3 Å². The lowest BCUT2D eigenvalue weighted by atomic mass is 10.0. The zero-order valence-corrected chi connectivity index (χ0v) is 14.6. The molecular formula is C20H18ClN3O. The van der Waals surface area contributed by atoms with E-state index in [4.69, 9.17) is 11.6 Å². The minimum atomic E-state index is -0.368. The van der Waals surface area contributed by atoms with Gasteiger partial charge in [0, 0.05) is 11.3 Å². The summed E-state index contributed by atoms with van der Waals surface area (Å²) >= 11 is 6.09. The van der Waals surface area contributed by atoms with Gasteiger partial charge >= 0.3 is 0 Å². The van der Waals surface area contributed by atoms with Gasteiger partial charge < -0.3 is 5.32 Å². The Morgan fingerprint density at radius 1 is 1.04 bits per heavy atom. The van der Waals surface area contributed by atoms with Crippen molar-refractivity contribution in [2.45, 2.75) is 19.4 Å². The van der Waals surface area contributed by atoms with E-state index in [9.17, 15) is 4.79 Å². The summed E-state index contributed by atoms with van der Waals surface area (Å²) in [4.78, 5) is 21.4. The van der Waals surface area contributed by atoms with Crippen LogP contribution >= 0.6 is 11.6 Å². The van der Waals surface area contributed by atoms with E-state index in [0.29, 0.717) is 23.0 Å². The topological polar surface area (TPSA) is 54.9 Å². The van der Waals surface area contributed by atoms with Crippen LogP contribution in [0, 0.1) is 6.92 Å². The van der Waals surface area contributed by atoms with Gasteiger partial charge in [0.1, 0.15) is 5.15 Å². The van der Waals surface area contributed by atoms with Crippen molar-refractivity contribution in [1.29, 1.82) is 0 Å². The Morgan fingerprint density at radius 3 is 2.32 bits per heavy atom. The fraction of sp³-hybridized carbons (Fsp3) is 0.150. The molecule has 0 fully saturated rings. The maximum atomic E-state index is 12.6. The number of nitrogens with one attached hydrogen (secondary N) is 1. The maximum Gasteiger partial charge on any atom is 0.251 e. The molecule has 25 heavy (non-hydrogen) atoms. The lowest BCUT2D eigenvalue weighted by Gasteiger charge is -2.18. The van der Waals surface area contributed by atoms with Crippen LogP contribution in [0.3, 0.4) is 0 Å². The monoisotopic (exact) mass is 351 g/mol. The van der Waals surface area contributed by atoms with Gasteiger partial charge in [-0.05, 0) is 37.1 Å². The molecule has 5 heteroatoms. The Bertz CT molecular complexity index is 833. The third-order valence-electron chi connectivity index (χ3n) is 3.78. The Labute approximate surface area is 151 Å². The highest BCUT2D eigenvalue weighted by atomic mass is 35.5. The fourth-order valence-corrected chi connectivity index (χ4v) is 2.84. The minimum absolute atomic E-state index is 0.164. The molecule has 2 aromatic carbocycles. The molecule has 0 bridgehead atoms. The molecule has 3 aromatic rings. The third-order valence-corrected chi connectivity index (χ3v) is 3.97. The molecule has 0 aliphatic rings. The largest absolute Gasteiger partial charge is 0.342 e. The van der Waals surface area contributed by atoms with Gasteiger partial charge in [0.25, 0.3) is 5.91 Å². The number of aryl methyl sites for hydroxylation is 1. The molecule has 0 radical (unpaired) electrons. The quantitative estimate of drug-likeness (QED) is 0.702. The second-order valence-electron chi connectivity index (χ2n) is 5.77. The first-order valence-electron chi connectivity index (χ1n) is 8.03. The number of hydrogen-bond acceptors (Lipinski definition) is 3. The summed E-state index contributed by atoms with van der Waals surface area (Å²) in [5.74, 6) is 0.348. The second kappa shape index (κ2) is 7.90. The Morgan fingerprint density at radius 2 is 1.68 bits per heavy atom. The summed E-state index contributed by atoms with van der Waals surface area (Å²) in [5, 5.41) is 3.40. The molecule has 1 unspecified atom stereocenters. The smallest absolute Gasteiger partial charge is 0.251 e. The summed E-state index contributed by atoms with van der Waals surface area (Å²) in [6, 6.07) is 20.4. The van der Waals surface area contributed by atoms with E-state index in [1.165, 1.54) is 0 Å². The van der Waals surface area contributed by atoms with E-state index >= 15 is 0 Å². The summed E-state index contributed by atoms with van der Waals surface area (Å²) < 4.78 is 0. The molecule has 1 heterocycles. The summed E-state index contributed by atoms with van der Waals surface area (Å²) in [7, 11) is 0. The molecule has 1 atom stereocenters. The lowest BCUT2D eigenvalue weighted by molar-refractivity contribution is 0.0934. The number of halogens is 1. The van der Waals surface area contributed by atoms with Crippen LogP contribution in [-0.4, -0.2) is 15.9 Å². The van der Waals surface area contributed by atoms with Gasteiger partial charge in [-0.3, -0.25) is 4.79 Å². The van der Waals surface area contributed by atoms with Crippen LogP contribution in [0.2, 0.25) is 5.15 Å². The van der Waals surface area contributed by atoms with Crippen LogP contribution in [-0.2, 0) is 6.42 Å². The van der Waals surface area contributed by atoms with Gasteiger partial charge in [-0.15, -0.1) is 0 Å². The van der Waals surface area contributed by atoms with E-state index in [-0.39, 0.29) is 11.9 Å². The van der Waals surface area contributed by atoms with Crippen LogP contribution < -0.4 is 5.32 Å². The number of rotatable bonds is 5. The number of carbonyl (C=O) groups excluding carboxylic acids is 1. The van der Waals surface area contributed by atoms with Crippen molar-refractivity contribution in [3.63, 3.8) is 0 Å². The molecule has 0 aliphatic heterocycles. The van der Waals surface area contributed by atoms with Crippen molar-refractivity contribution in [3.8, 4) is 0 Å². The molecular weight excluding hydrogens is 334 g/mol. The van der Waals surface area contributed by atoms with Crippen molar-refractivity contribution in [3.05, 3.63) is 94.5 Å². The Balaban J connectivity index is 1.89. The number of benzene rings is 2. The summed E-state index contributed by atoms with van der Waals surface area (Å²) in [6.07, 6.45) is 0.583. The van der Waals surface area contributed by atoms with Gasteiger partial charge in [0.05, 0.1) is 6.04 Å². The highest BCUT2D eigenvalue weighted by Crippen LogP contribution is 2.18. The normalized spacial score (nSPS) is 11.8. The molecule has 1 aromatic heterocycles. The molecule has 0 aliphatic carbocycles. The highest BCUT2D eigenvalue weighted by Gasteiger charge is 2.20. The second-order valence-corrected chi connectivity index (χ2v) is 6.16. The molecule has 3 rings (SSSR count). The van der Waals surface area contributed by atoms with Crippen molar-refractivity contribution in [2.75, 3.05) is 0 Å². The Hall–Kier alpha value is -2.72. The van der Waals surface area contributed by atoms with E-state index < -0.39 is 0 Å². The predicted molar refractivity (Wildman–Crippen MR) is 98.6 cm³/mol. The van der Waals surface area contributed by atoms with Crippen molar-refractivity contribution in [2.24, 2.45) is 0 Å². The zero-order chi connectivity index (χ0) is 17.6. The molecule has 0 saturated carbocycles. The van der Waals surface area contributed by atoms with Crippen LogP contribution in [0.25, 0.3) is 0 Å². The average Bonchev–Trinajstić information content (AvgIpc) is 2.62. The predicted octanol–water partition coefficient (Wildman–Crippen LogP) is 4.15. The van der Waals surface area contributed by atoms with Gasteiger partial charge in [0.2, 0.25) is 0 Å². The zero-order valence-electron chi connectivity index (χ0n) is 13.8. The summed E-state index contributed by atoms with van der Waals surface area (Å²) in [5.41, 5.74) is 2.45. The molecule has 1 N–H and O–H groups in total. The molecule has 4 nitrogen and oxygen atoms in total. The number of carbonyl (C=O) groups is 1. The number of amides is 1. The number of aromatic nitrogens is 2. The lowest BCUT2D eigenvalue weighted by Crippen LogP contribution is -2.31. The standard InChI is InChI=1S/C20H18ClN3O/c1-14-12-18(21)24-19(22-14)17(13-15-8-4-2-5-9-15)23-20(25)16-10-6-3-7-11-16/h2-12,17H,13H2,1H3,(H,23,25). The van der Waals surface area contributed by atoms with Crippen LogP contribution in [0.15, 0.2) is 66.7 Å². The van der Waals surface area contributed by atoms with Crippen molar-refractivity contribution >= 4 is 17.5 Å². The SMILES string of the molecule is Cc1cc(Cl)nc(C(Cc2ccccc2)NC(=O)c2ccccc2)n1. The van der Waals surface area contributed by atoms with Crippen LogP contribution in [0.1, 0.15) is 33.5 Å². The molecule has 1 amide bonds. The minimum Gasteiger partial charge on any atom is -0.342 e. The molecule has 0 saturated heterocycles. The van der Waals surface area contributed by atoms with Crippen LogP contribution in [0.5, 0.6) is 0 Å². The van der Waals surface area contributed by atoms with Gasteiger partial charge in [-0.25, -0.2) is 9.97 Å². The van der Waals surface area contributed by atoms with Gasteiger partial charge in [-0.2, -0.15) is 0 Å². The number of nitrogens with zero attached hydrogens (tertiary/aromatic N) is 2. The average molecular weight is 352 g/mol. The van der Waals surface area contributed by atoms with E-state index in [1.807, 2.05) is 55.5 Å². The van der Waals surface area contributed by atoms with E-state index in [0.717, 1.165) is 11.3 Å². The van der Waals surface area contributed by atoms with Crippen LogP contribution in [0.4, 0.5) is 0 Å². The first kappa shape index (κ1) is 17.1. The Kier molecular flexibility index (Phi) is 5.41. The summed E-state index contributed by atoms with van der Waals surface area (Å²) in [6.45, 7) is 1.86. The fourth-order valence-electron chi connectivity index (χ4n) is 2.60. The first-order valence-corrected chi connectivity index (χ1v) is 8.40.